The summed E-state index contributed by atoms with van der Waals surface area (Å²) in [6.45, 7) is 15.8. The second kappa shape index (κ2) is 33.4. The summed E-state index contributed by atoms with van der Waals surface area (Å²) in [7, 11) is 1.97. The summed E-state index contributed by atoms with van der Waals surface area (Å²) < 4.78 is 2.39. The van der Waals surface area contributed by atoms with E-state index in [9.17, 15) is 19.2 Å². The molecule has 4 fully saturated rings. The van der Waals surface area contributed by atoms with E-state index in [1.807, 2.05) is 102 Å². The molecule has 8 amide bonds. The number of halogens is 1. The number of hydrogen-bond donors (Lipinski definition) is 0. The van der Waals surface area contributed by atoms with Crippen LogP contribution in [0.2, 0.25) is 14.8 Å². The molecule has 4 atom stereocenters. The van der Waals surface area contributed by atoms with Gasteiger partial charge < -0.3 is 24.5 Å². The van der Waals surface area contributed by atoms with Gasteiger partial charge in [0, 0.05) is 78.2 Å². The quantitative estimate of drug-likeness (QED) is 0.0443. The van der Waals surface area contributed by atoms with Gasteiger partial charge in [0.25, 0.3) is 0 Å². The van der Waals surface area contributed by atoms with E-state index in [2.05, 4.69) is 198 Å². The summed E-state index contributed by atoms with van der Waals surface area (Å²) in [5, 5.41) is 7.12. The molecule has 7 aromatic rings. The smallest absolute Gasteiger partial charge is 0.319 e. The summed E-state index contributed by atoms with van der Waals surface area (Å²) in [6.07, 6.45) is 21.2. The Labute approximate surface area is 583 Å². The summed E-state index contributed by atoms with van der Waals surface area (Å²) in [4.78, 5) is 93.5. The van der Waals surface area contributed by atoms with Gasteiger partial charge >= 0.3 is 125 Å². The van der Waals surface area contributed by atoms with Crippen molar-refractivity contribution in [1.29, 1.82) is 0 Å². The minimum atomic E-state index is -2.06. The number of likely N-dealkylation sites (N-methyl/N-ethyl adjacent to an activating group) is 2. The second-order valence-electron chi connectivity index (χ2n) is 25.0. The number of benzene rings is 3. The fraction of sp³-hybridized carbons (Fsp3) is 0.263. The SMILES string of the molecule is Brc1ccccn1.C/C=C/[P+](c1ccccc1)(c1ccccc1)c1ccccc1.C=CCON1C(=O)N2CC(c3ccccn3)=CC1C2.C=CCON1C(=O)N2C[C]([Sn]([CH3])([CH3])[CH3])=CC1C2.CN1C(=O)N2CC(c3ccccn3)=CC1C2.CN1C(=O)N2CC(c3ccccn3)=CC1C2. The van der Waals surface area contributed by atoms with Gasteiger partial charge in [0.15, 0.2) is 0 Å². The third-order valence-corrected chi connectivity index (χ3v) is 28.4. The molecular formula is C76H85BrN12O6PSn+. The Morgan fingerprint density at radius 1 is 0.464 bits per heavy atom. The number of hydroxylamine groups is 4. The van der Waals surface area contributed by atoms with Crippen LogP contribution in [0.4, 0.5) is 19.2 Å². The molecule has 4 aromatic heterocycles. The first-order chi connectivity index (χ1) is 47.0. The first kappa shape index (κ1) is 70.9. The molecule has 4 unspecified atom stereocenters. The van der Waals surface area contributed by atoms with E-state index in [1.165, 1.54) is 29.6 Å². The number of rotatable bonds is 14. The topological polar surface area (TPSA) is 164 Å². The Morgan fingerprint density at radius 2 is 0.804 bits per heavy atom. The monoisotopic (exact) mass is 1490 g/mol. The molecule has 15 rings (SSSR count). The van der Waals surface area contributed by atoms with Crippen molar-refractivity contribution in [3.05, 3.63) is 275 Å². The van der Waals surface area contributed by atoms with Gasteiger partial charge in [-0.25, -0.2) is 19.4 Å². The van der Waals surface area contributed by atoms with Crippen molar-refractivity contribution >= 4 is 98.3 Å². The van der Waals surface area contributed by atoms with Crippen molar-refractivity contribution < 1.29 is 28.9 Å². The largest absolute Gasteiger partial charge is 0.320 e. The summed E-state index contributed by atoms with van der Waals surface area (Å²) >= 11 is 1.14. The summed E-state index contributed by atoms with van der Waals surface area (Å²) in [6, 6.07) is 56.5. The summed E-state index contributed by atoms with van der Waals surface area (Å²) in [5.74, 6) is 2.41. The number of fused-ring (bicyclic) bond motifs is 8. The van der Waals surface area contributed by atoms with Gasteiger partial charge in [-0.05, 0) is 125 Å². The zero-order chi connectivity index (χ0) is 68.5. The normalized spacial score (nSPS) is 19.5. The molecule has 0 radical (unpaired) electrons. The molecule has 0 N–H and O–H groups in total. The predicted molar refractivity (Wildman–Crippen MR) is 395 cm³/mol. The average Bonchev–Trinajstić information content (AvgIpc) is 1.71. The van der Waals surface area contributed by atoms with Crippen LogP contribution in [0.3, 0.4) is 0 Å². The van der Waals surface area contributed by atoms with Crippen LogP contribution < -0.4 is 15.9 Å². The zero-order valence-corrected chi connectivity index (χ0v) is 61.3. The molecule has 12 heterocycles. The van der Waals surface area contributed by atoms with E-state index in [1.54, 1.807) is 51.6 Å². The van der Waals surface area contributed by atoms with Gasteiger partial charge in [-0.2, -0.15) is 5.06 Å². The van der Waals surface area contributed by atoms with E-state index in [-0.39, 0.29) is 48.3 Å². The Morgan fingerprint density at radius 3 is 1.12 bits per heavy atom. The molecule has 8 aliphatic heterocycles. The fourth-order valence-corrected chi connectivity index (χ4v) is 20.4. The molecule has 21 heteroatoms. The van der Waals surface area contributed by atoms with Crippen molar-refractivity contribution in [1.82, 2.24) is 59.5 Å². The van der Waals surface area contributed by atoms with Crippen LogP contribution >= 0.6 is 23.2 Å². The van der Waals surface area contributed by atoms with Crippen LogP contribution in [0, 0.1) is 0 Å². The van der Waals surface area contributed by atoms with E-state index >= 15 is 0 Å². The Hall–Kier alpha value is -8.85. The van der Waals surface area contributed by atoms with Crippen molar-refractivity contribution in [3.8, 4) is 0 Å². The van der Waals surface area contributed by atoms with Crippen molar-refractivity contribution in [2.75, 3.05) is 79.7 Å². The molecule has 0 saturated carbocycles. The molecule has 500 valence electrons. The number of amides is 8. The second-order valence-corrected chi connectivity index (χ2v) is 43.8. The maximum absolute atomic E-state index is 12.1. The van der Waals surface area contributed by atoms with Gasteiger partial charge in [0.05, 0.1) is 47.6 Å². The average molecular weight is 1490 g/mol. The van der Waals surface area contributed by atoms with Crippen LogP contribution in [0.25, 0.3) is 16.7 Å². The number of hydrogen-bond acceptors (Lipinski definition) is 10. The van der Waals surface area contributed by atoms with Crippen LogP contribution in [0.1, 0.15) is 24.0 Å². The molecular weight excluding hydrogens is 1410 g/mol. The van der Waals surface area contributed by atoms with E-state index in [4.69, 9.17) is 9.68 Å². The van der Waals surface area contributed by atoms with E-state index in [0.29, 0.717) is 39.4 Å². The summed E-state index contributed by atoms with van der Waals surface area (Å²) in [5.41, 5.74) is 6.22. The van der Waals surface area contributed by atoms with Crippen LogP contribution in [-0.2, 0) is 9.68 Å². The van der Waals surface area contributed by atoms with Crippen molar-refractivity contribution in [3.63, 3.8) is 0 Å². The number of nitrogens with zero attached hydrogens (tertiary/aromatic N) is 12. The molecule has 8 aliphatic rings. The zero-order valence-electron chi connectivity index (χ0n) is 56.0. The number of carbonyl (C=O) groups is 4. The molecule has 97 heavy (non-hydrogen) atoms. The Balaban J connectivity index is 0.000000129. The first-order valence-electron chi connectivity index (χ1n) is 32.5. The van der Waals surface area contributed by atoms with Gasteiger partial charge in [0.1, 0.15) is 27.8 Å². The minimum absolute atomic E-state index is 0.00126. The molecule has 0 spiro atoms. The molecule has 18 nitrogen and oxygen atoms in total. The number of urea groups is 4. The number of carbonyl (C=O) groups excluding carboxylic acids is 4. The van der Waals surface area contributed by atoms with Crippen molar-refractivity contribution in [2.24, 2.45) is 0 Å². The molecule has 8 bridgehead atoms. The van der Waals surface area contributed by atoms with Gasteiger partial charge in [-0.3, -0.25) is 19.8 Å². The van der Waals surface area contributed by atoms with E-state index < -0.39 is 25.6 Å². The van der Waals surface area contributed by atoms with Crippen LogP contribution in [-0.4, -0.2) is 206 Å². The van der Waals surface area contributed by atoms with Crippen LogP contribution in [0.5, 0.6) is 0 Å². The van der Waals surface area contributed by atoms with Crippen LogP contribution in [0.15, 0.2) is 258 Å². The first-order valence-corrected chi connectivity index (χ1v) is 45.2. The van der Waals surface area contributed by atoms with Gasteiger partial charge in [-0.1, -0.05) is 109 Å². The third-order valence-electron chi connectivity index (χ3n) is 17.4. The molecule has 4 saturated heterocycles. The number of allylic oxidation sites excluding steroid dienone is 1. The molecule has 0 aliphatic carbocycles. The maximum atomic E-state index is 12.1. The number of aromatic nitrogens is 4. The molecule has 3 aromatic carbocycles. The van der Waals surface area contributed by atoms with Crippen molar-refractivity contribution in [2.45, 2.75) is 45.9 Å². The Bertz CT molecular complexity index is 3800. The number of pyridine rings is 4. The minimum Gasteiger partial charge on any atom is -0.319 e. The standard InChI is InChI=1S/C21H20P.C14H15N3O2.2C12H13N3O.C9H11N2O2.C5H4BrN.3CH3.Sn/c1-2-18-22(19-12-6-3-7-13-19,20-14-8-4-9-15-20)21-16-10-5-11-17-21;1-2-7-19-17-12-8-11(9-16(10-12)14(17)18)13-5-3-4-6-15-13;2*1-14-10-6-9(7-15(8-10)12(14)16)11-4-2-3-5-13-11;1-2-6-13-11-8-4-3-5-10(7-8)9(11)12;6-5-3-1-2-4-7-5;;;;/h2-18H,1H3;2-6,8,12H,1,7,9-10H2;2*2-6,10H,7-8H2,1H3;2,4,8H,1,5-7H2;1-4H;3*1H3;/q+1;;;;;;;;;/b18-2+;;;;;;;;;. The maximum Gasteiger partial charge on any atom is 0.320 e. The third kappa shape index (κ3) is 17.3. The van der Waals surface area contributed by atoms with Gasteiger partial charge in [0.2, 0.25) is 0 Å². The fourth-order valence-electron chi connectivity index (χ4n) is 12.4. The van der Waals surface area contributed by atoms with Gasteiger partial charge in [-0.15, -0.1) is 6.58 Å². The van der Waals surface area contributed by atoms with E-state index in [0.717, 1.165) is 64.6 Å². The predicted octanol–water partition coefficient (Wildman–Crippen LogP) is 12.5. The Kier molecular flexibility index (Phi) is 24.4.